The molecule has 7 nitrogen and oxygen atoms in total. The average Bonchev–Trinajstić information content (AvgIpc) is 3.50. The van der Waals surface area contributed by atoms with Crippen LogP contribution in [0.4, 0.5) is 0 Å². The van der Waals surface area contributed by atoms with Gasteiger partial charge in [-0.2, -0.15) is 0 Å². The second kappa shape index (κ2) is 9.49. The molecule has 3 aromatic rings. The fourth-order valence-electron chi connectivity index (χ4n) is 4.31. The standard InChI is InChI=1S/C25H26N2O5S/c1-17-12-19(32-27-17)14-33-23-5-3-2-4-20(23)24(28)26-15-25(8-10-29-11-9-25)18-6-7-21-22(13-18)31-16-30-21/h2-7,12-13H,8-11,14-16H2,1H3,(H,26,28). The maximum atomic E-state index is 13.2. The monoisotopic (exact) mass is 466 g/mol. The van der Waals surface area contributed by atoms with Gasteiger partial charge in [0.05, 0.1) is 17.0 Å². The summed E-state index contributed by atoms with van der Waals surface area (Å²) in [5.74, 6) is 2.84. The summed E-state index contributed by atoms with van der Waals surface area (Å²) in [5.41, 5.74) is 2.43. The van der Waals surface area contributed by atoms with E-state index in [0.29, 0.717) is 31.1 Å². The lowest BCUT2D eigenvalue weighted by Crippen LogP contribution is -2.44. The van der Waals surface area contributed by atoms with Gasteiger partial charge in [-0.05, 0) is 49.6 Å². The molecule has 2 aromatic carbocycles. The fourth-order valence-corrected chi connectivity index (χ4v) is 5.24. The minimum Gasteiger partial charge on any atom is -0.454 e. The van der Waals surface area contributed by atoms with E-state index >= 15 is 0 Å². The molecule has 1 fully saturated rings. The highest BCUT2D eigenvalue weighted by atomic mass is 32.2. The van der Waals surface area contributed by atoms with Crippen molar-refractivity contribution in [2.75, 3.05) is 26.6 Å². The predicted octanol–water partition coefficient (Wildman–Crippen LogP) is 4.48. The summed E-state index contributed by atoms with van der Waals surface area (Å²) in [6.45, 7) is 3.98. The number of nitrogens with one attached hydrogen (secondary N) is 1. The van der Waals surface area contributed by atoms with Crippen molar-refractivity contribution in [1.82, 2.24) is 10.5 Å². The number of benzene rings is 2. The normalized spacial score (nSPS) is 16.5. The molecule has 0 bridgehead atoms. The van der Waals surface area contributed by atoms with Gasteiger partial charge in [-0.15, -0.1) is 11.8 Å². The fraction of sp³-hybridized carbons (Fsp3) is 0.360. The summed E-state index contributed by atoms with van der Waals surface area (Å²) >= 11 is 1.57. The largest absolute Gasteiger partial charge is 0.454 e. The number of aryl methyl sites for hydroxylation is 1. The molecule has 8 heteroatoms. The Hall–Kier alpha value is -2.97. The van der Waals surface area contributed by atoms with Crippen LogP contribution < -0.4 is 14.8 Å². The molecule has 0 atom stereocenters. The van der Waals surface area contributed by atoms with Gasteiger partial charge in [0.1, 0.15) is 5.76 Å². The molecule has 0 saturated carbocycles. The number of ether oxygens (including phenoxy) is 3. The number of rotatable bonds is 7. The zero-order valence-electron chi connectivity index (χ0n) is 18.5. The van der Waals surface area contributed by atoms with Crippen molar-refractivity contribution in [2.24, 2.45) is 0 Å². The van der Waals surface area contributed by atoms with E-state index < -0.39 is 0 Å². The van der Waals surface area contributed by atoms with Gasteiger partial charge in [-0.3, -0.25) is 4.79 Å². The smallest absolute Gasteiger partial charge is 0.252 e. The molecule has 3 heterocycles. The van der Waals surface area contributed by atoms with E-state index in [0.717, 1.165) is 46.3 Å². The molecule has 1 N–H and O–H groups in total. The van der Waals surface area contributed by atoms with Crippen LogP contribution in [0.15, 0.2) is 57.9 Å². The van der Waals surface area contributed by atoms with Crippen LogP contribution in [0.3, 0.4) is 0 Å². The van der Waals surface area contributed by atoms with Crippen LogP contribution in [0, 0.1) is 6.92 Å². The number of hydrogen-bond donors (Lipinski definition) is 1. The van der Waals surface area contributed by atoms with Gasteiger partial charge in [0.15, 0.2) is 11.5 Å². The summed E-state index contributed by atoms with van der Waals surface area (Å²) in [6, 6.07) is 15.6. The third-order valence-corrected chi connectivity index (χ3v) is 7.30. The van der Waals surface area contributed by atoms with E-state index in [9.17, 15) is 4.79 Å². The van der Waals surface area contributed by atoms with E-state index in [1.165, 1.54) is 0 Å². The summed E-state index contributed by atoms with van der Waals surface area (Å²) in [6.07, 6.45) is 1.66. The van der Waals surface area contributed by atoms with Crippen molar-refractivity contribution < 1.29 is 23.5 Å². The third-order valence-electron chi connectivity index (χ3n) is 6.20. The Labute approximate surface area is 196 Å². The third kappa shape index (κ3) is 4.72. The van der Waals surface area contributed by atoms with Crippen molar-refractivity contribution in [3.05, 3.63) is 71.1 Å². The lowest BCUT2D eigenvalue weighted by atomic mass is 9.74. The molecule has 0 aliphatic carbocycles. The maximum Gasteiger partial charge on any atom is 0.252 e. The highest BCUT2D eigenvalue weighted by Crippen LogP contribution is 2.40. The molecule has 2 aliphatic heterocycles. The van der Waals surface area contributed by atoms with Crippen LogP contribution in [0.1, 0.15) is 40.2 Å². The van der Waals surface area contributed by atoms with E-state index in [4.69, 9.17) is 18.7 Å². The minimum absolute atomic E-state index is 0.0848. The second-order valence-electron chi connectivity index (χ2n) is 8.36. The van der Waals surface area contributed by atoms with Gasteiger partial charge < -0.3 is 24.1 Å². The molecule has 0 spiro atoms. The lowest BCUT2D eigenvalue weighted by molar-refractivity contribution is 0.0486. The quantitative estimate of drug-likeness (QED) is 0.514. The van der Waals surface area contributed by atoms with E-state index in [2.05, 4.69) is 16.5 Å². The number of thioether (sulfide) groups is 1. The molecule has 33 heavy (non-hydrogen) atoms. The van der Waals surface area contributed by atoms with Gasteiger partial charge >= 0.3 is 0 Å². The zero-order valence-corrected chi connectivity index (χ0v) is 19.3. The lowest BCUT2D eigenvalue weighted by Gasteiger charge is -2.38. The first kappa shape index (κ1) is 21.9. The molecule has 0 unspecified atom stereocenters. The molecular weight excluding hydrogens is 440 g/mol. The van der Waals surface area contributed by atoms with Gasteiger partial charge in [0.25, 0.3) is 5.91 Å². The maximum absolute atomic E-state index is 13.2. The molecule has 5 rings (SSSR count). The zero-order chi connectivity index (χ0) is 22.7. The summed E-state index contributed by atoms with van der Waals surface area (Å²) < 4.78 is 22.0. The number of carbonyl (C=O) groups is 1. The first-order chi connectivity index (χ1) is 16.1. The van der Waals surface area contributed by atoms with Crippen molar-refractivity contribution in [3.8, 4) is 11.5 Å². The molecular formula is C25H26N2O5S. The van der Waals surface area contributed by atoms with Gasteiger partial charge in [0, 0.05) is 36.1 Å². The van der Waals surface area contributed by atoms with Crippen LogP contribution in [-0.2, 0) is 15.9 Å². The van der Waals surface area contributed by atoms with E-state index in [1.807, 2.05) is 49.4 Å². The summed E-state index contributed by atoms with van der Waals surface area (Å²) in [4.78, 5) is 14.2. The van der Waals surface area contributed by atoms with Gasteiger partial charge in [-0.25, -0.2) is 0 Å². The topological polar surface area (TPSA) is 82.8 Å². The predicted molar refractivity (Wildman–Crippen MR) is 124 cm³/mol. The molecule has 1 amide bonds. The highest BCUT2D eigenvalue weighted by molar-refractivity contribution is 7.98. The Morgan fingerprint density at radius 1 is 1.09 bits per heavy atom. The second-order valence-corrected chi connectivity index (χ2v) is 9.38. The van der Waals surface area contributed by atoms with Crippen LogP contribution in [0.25, 0.3) is 0 Å². The van der Waals surface area contributed by atoms with Gasteiger partial charge in [-0.1, -0.05) is 23.4 Å². The van der Waals surface area contributed by atoms with Crippen LogP contribution in [0.5, 0.6) is 11.5 Å². The van der Waals surface area contributed by atoms with Crippen molar-refractivity contribution in [3.63, 3.8) is 0 Å². The summed E-state index contributed by atoms with van der Waals surface area (Å²) in [7, 11) is 0. The van der Waals surface area contributed by atoms with E-state index in [-0.39, 0.29) is 18.1 Å². The minimum atomic E-state index is -0.214. The highest BCUT2D eigenvalue weighted by Gasteiger charge is 2.36. The Balaban J connectivity index is 1.31. The number of aromatic nitrogens is 1. The Morgan fingerprint density at radius 3 is 2.73 bits per heavy atom. The SMILES string of the molecule is Cc1cc(CSc2ccccc2C(=O)NCC2(c3ccc4c(c3)OCO4)CCOCC2)on1. The Bertz CT molecular complexity index is 1140. The number of fused-ring (bicyclic) bond motifs is 1. The molecule has 2 aliphatic rings. The van der Waals surface area contributed by atoms with Gasteiger partial charge in [0.2, 0.25) is 6.79 Å². The molecule has 1 saturated heterocycles. The number of carbonyl (C=O) groups excluding carboxylic acids is 1. The first-order valence-corrected chi connectivity index (χ1v) is 12.0. The number of hydrogen-bond acceptors (Lipinski definition) is 7. The van der Waals surface area contributed by atoms with E-state index in [1.54, 1.807) is 11.8 Å². The van der Waals surface area contributed by atoms with Crippen LogP contribution >= 0.6 is 11.8 Å². The molecule has 172 valence electrons. The van der Waals surface area contributed by atoms with Crippen molar-refractivity contribution >= 4 is 17.7 Å². The Kier molecular flexibility index (Phi) is 6.28. The van der Waals surface area contributed by atoms with Crippen LogP contribution in [0.2, 0.25) is 0 Å². The number of nitrogens with zero attached hydrogens (tertiary/aromatic N) is 1. The molecule has 1 aromatic heterocycles. The average molecular weight is 467 g/mol. The van der Waals surface area contributed by atoms with Crippen LogP contribution in [-0.4, -0.2) is 37.6 Å². The Morgan fingerprint density at radius 2 is 1.91 bits per heavy atom. The first-order valence-electron chi connectivity index (χ1n) is 11.0. The molecule has 0 radical (unpaired) electrons. The number of amides is 1. The summed E-state index contributed by atoms with van der Waals surface area (Å²) in [5, 5.41) is 7.13. The van der Waals surface area contributed by atoms with Crippen molar-refractivity contribution in [2.45, 2.75) is 35.8 Å². The van der Waals surface area contributed by atoms with Crippen molar-refractivity contribution in [1.29, 1.82) is 0 Å².